The van der Waals surface area contributed by atoms with Crippen LogP contribution in [0.2, 0.25) is 0 Å². The van der Waals surface area contributed by atoms with Crippen LogP contribution in [-0.2, 0) is 0 Å². The smallest absolute Gasteiger partial charge is 0.0434 e. The molecule has 4 unspecified atom stereocenters. The number of benzene rings is 8. The van der Waals surface area contributed by atoms with Crippen LogP contribution in [0, 0.1) is 0 Å². The molecule has 2 aliphatic rings. The summed E-state index contributed by atoms with van der Waals surface area (Å²) in [5.74, 6) is 1.26. The van der Waals surface area contributed by atoms with Gasteiger partial charge in [-0.2, -0.15) is 0 Å². The molecule has 0 N–H and O–H groups in total. The molecule has 0 saturated carbocycles. The van der Waals surface area contributed by atoms with Crippen molar-refractivity contribution in [3.8, 4) is 44.5 Å². The number of hydrogen-bond acceptors (Lipinski definition) is 1. The first-order chi connectivity index (χ1) is 27.1. The third kappa shape index (κ3) is 5.10. The van der Waals surface area contributed by atoms with Gasteiger partial charge in [0.1, 0.15) is 0 Å². The van der Waals surface area contributed by atoms with Crippen LogP contribution in [-0.4, -0.2) is 0 Å². The summed E-state index contributed by atoms with van der Waals surface area (Å²) >= 11 is 1.92. The fourth-order valence-electron chi connectivity index (χ4n) is 10.1. The van der Waals surface area contributed by atoms with E-state index in [2.05, 4.69) is 196 Å². The fraction of sp³-hybridized carbons (Fsp3) is 0.111. The molecule has 9 aromatic rings. The summed E-state index contributed by atoms with van der Waals surface area (Å²) in [6, 6.07) is 68.7. The molecule has 0 bridgehead atoms. The van der Waals surface area contributed by atoms with Gasteiger partial charge in [-0.15, -0.1) is 11.3 Å². The molecular formula is C54H40S. The van der Waals surface area contributed by atoms with Crippen molar-refractivity contribution < 1.29 is 0 Å². The van der Waals surface area contributed by atoms with E-state index in [0.29, 0.717) is 17.8 Å². The van der Waals surface area contributed by atoms with E-state index in [1.807, 2.05) is 11.3 Å². The average Bonchev–Trinajstić information content (AvgIpc) is 3.63. The minimum Gasteiger partial charge on any atom is -0.135 e. The number of thiophene rings is 1. The van der Waals surface area contributed by atoms with Crippen LogP contribution in [0.3, 0.4) is 0 Å². The van der Waals surface area contributed by atoms with Gasteiger partial charge < -0.3 is 0 Å². The van der Waals surface area contributed by atoms with E-state index < -0.39 is 0 Å². The molecule has 262 valence electrons. The molecule has 4 atom stereocenters. The molecular weight excluding hydrogens is 681 g/mol. The van der Waals surface area contributed by atoms with Gasteiger partial charge >= 0.3 is 0 Å². The van der Waals surface area contributed by atoms with Crippen LogP contribution in [0.1, 0.15) is 70.9 Å². The Morgan fingerprint density at radius 1 is 0.345 bits per heavy atom. The zero-order chi connectivity index (χ0) is 36.6. The Labute approximate surface area is 327 Å². The molecule has 1 heteroatoms. The van der Waals surface area contributed by atoms with Gasteiger partial charge in [-0.25, -0.2) is 0 Å². The molecule has 0 nitrogen and oxygen atoms in total. The number of fused-ring (bicyclic) bond motifs is 9. The van der Waals surface area contributed by atoms with Crippen molar-refractivity contribution in [2.45, 2.75) is 37.5 Å². The average molecular weight is 721 g/mol. The van der Waals surface area contributed by atoms with Gasteiger partial charge in [-0.1, -0.05) is 166 Å². The van der Waals surface area contributed by atoms with Gasteiger partial charge in [-0.05, 0) is 120 Å². The fourth-order valence-corrected chi connectivity index (χ4v) is 11.3. The molecule has 0 spiro atoms. The summed E-state index contributed by atoms with van der Waals surface area (Å²) in [7, 11) is 0. The quantitative estimate of drug-likeness (QED) is 0.170. The highest BCUT2D eigenvalue weighted by Crippen LogP contribution is 2.54. The van der Waals surface area contributed by atoms with E-state index in [1.54, 1.807) is 0 Å². The second-order valence-electron chi connectivity index (χ2n) is 15.6. The molecule has 11 rings (SSSR count). The van der Waals surface area contributed by atoms with Crippen LogP contribution in [0.5, 0.6) is 0 Å². The van der Waals surface area contributed by atoms with Crippen molar-refractivity contribution in [3.63, 3.8) is 0 Å². The summed E-state index contributed by atoms with van der Waals surface area (Å²) in [6.07, 6.45) is 0. The van der Waals surface area contributed by atoms with E-state index in [4.69, 9.17) is 0 Å². The Bertz CT molecular complexity index is 2910. The molecule has 1 aromatic heterocycles. The molecule has 0 aliphatic heterocycles. The van der Waals surface area contributed by atoms with Gasteiger partial charge in [0.2, 0.25) is 0 Å². The minimum atomic E-state index is 0.236. The van der Waals surface area contributed by atoms with Crippen LogP contribution >= 0.6 is 11.3 Å². The van der Waals surface area contributed by atoms with E-state index in [0.717, 1.165) is 0 Å². The first kappa shape index (κ1) is 32.4. The largest absolute Gasteiger partial charge is 0.135 e. The van der Waals surface area contributed by atoms with Crippen LogP contribution < -0.4 is 0 Å². The topological polar surface area (TPSA) is 0 Å². The SMILES string of the molecule is CC1c2ccc(-c3ccc4c(c3)-c3ccccc3C(c3cc(-c5ccccc5)c5sc6ccccc6c5c3)C4C)cc2-c2ccccc2C1c1ccccc1. The molecule has 0 amide bonds. The second-order valence-corrected chi connectivity index (χ2v) is 16.7. The predicted molar refractivity (Wildman–Crippen MR) is 234 cm³/mol. The first-order valence-electron chi connectivity index (χ1n) is 19.6. The van der Waals surface area contributed by atoms with Crippen molar-refractivity contribution in [1.29, 1.82) is 0 Å². The summed E-state index contributed by atoms with van der Waals surface area (Å²) in [5.41, 5.74) is 19.1. The summed E-state index contributed by atoms with van der Waals surface area (Å²) < 4.78 is 2.72. The van der Waals surface area contributed by atoms with E-state index in [9.17, 15) is 0 Å². The van der Waals surface area contributed by atoms with Crippen molar-refractivity contribution in [2.75, 3.05) is 0 Å². The molecule has 0 saturated heterocycles. The summed E-state index contributed by atoms with van der Waals surface area (Å²) in [6.45, 7) is 4.85. The lowest BCUT2D eigenvalue weighted by Crippen LogP contribution is -2.17. The maximum atomic E-state index is 2.51. The normalized spacial score (nSPS) is 18.4. The van der Waals surface area contributed by atoms with Crippen molar-refractivity contribution in [3.05, 3.63) is 215 Å². The van der Waals surface area contributed by atoms with Crippen LogP contribution in [0.15, 0.2) is 182 Å². The molecule has 55 heavy (non-hydrogen) atoms. The van der Waals surface area contributed by atoms with Gasteiger partial charge in [0.15, 0.2) is 0 Å². The maximum absolute atomic E-state index is 2.51. The second kappa shape index (κ2) is 12.8. The number of rotatable bonds is 4. The van der Waals surface area contributed by atoms with E-state index in [1.165, 1.54) is 98.1 Å². The molecule has 0 fully saturated rings. The van der Waals surface area contributed by atoms with Gasteiger partial charge in [0.05, 0.1) is 0 Å². The van der Waals surface area contributed by atoms with Gasteiger partial charge in [-0.3, -0.25) is 0 Å². The Morgan fingerprint density at radius 3 is 1.51 bits per heavy atom. The lowest BCUT2D eigenvalue weighted by Gasteiger charge is -2.35. The predicted octanol–water partition coefficient (Wildman–Crippen LogP) is 15.2. The third-order valence-electron chi connectivity index (χ3n) is 12.7. The van der Waals surface area contributed by atoms with E-state index >= 15 is 0 Å². The lowest BCUT2D eigenvalue weighted by molar-refractivity contribution is 0.649. The molecule has 1 heterocycles. The molecule has 2 aliphatic carbocycles. The maximum Gasteiger partial charge on any atom is 0.0434 e. The Hall–Kier alpha value is -6.02. The van der Waals surface area contributed by atoms with Gasteiger partial charge in [0, 0.05) is 32.0 Å². The Kier molecular flexibility index (Phi) is 7.54. The van der Waals surface area contributed by atoms with Crippen molar-refractivity contribution in [1.82, 2.24) is 0 Å². The third-order valence-corrected chi connectivity index (χ3v) is 13.9. The highest BCUT2D eigenvalue weighted by Gasteiger charge is 2.34. The van der Waals surface area contributed by atoms with E-state index in [-0.39, 0.29) is 5.92 Å². The van der Waals surface area contributed by atoms with Gasteiger partial charge in [0.25, 0.3) is 0 Å². The zero-order valence-corrected chi connectivity index (χ0v) is 31.9. The standard InChI is InChI=1S/C54H40S/c1-33-40-27-25-37(29-48(40)42-19-9-11-22-45(42)52(33)36-17-7-4-8-18-36)38-26-28-41-34(2)53(46-23-12-10-20-43(46)49(41)30-38)39-31-47(35-15-5-3-6-16-35)54-50(32-39)44-21-13-14-24-51(44)55-54/h3-34,52-53H,1-2H3. The Morgan fingerprint density at radius 2 is 0.873 bits per heavy atom. The monoisotopic (exact) mass is 720 g/mol. The highest BCUT2D eigenvalue weighted by molar-refractivity contribution is 7.26. The van der Waals surface area contributed by atoms with Crippen LogP contribution in [0.4, 0.5) is 0 Å². The Balaban J connectivity index is 1.03. The highest BCUT2D eigenvalue weighted by atomic mass is 32.1. The zero-order valence-electron chi connectivity index (χ0n) is 31.0. The first-order valence-corrected chi connectivity index (χ1v) is 20.5. The van der Waals surface area contributed by atoms with Crippen LogP contribution in [0.25, 0.3) is 64.7 Å². The van der Waals surface area contributed by atoms with Crippen molar-refractivity contribution in [2.24, 2.45) is 0 Å². The molecule has 0 radical (unpaired) electrons. The minimum absolute atomic E-state index is 0.236. The lowest BCUT2D eigenvalue weighted by atomic mass is 9.68. The number of hydrogen-bond donors (Lipinski definition) is 0. The van der Waals surface area contributed by atoms with Crippen molar-refractivity contribution >= 4 is 31.5 Å². The summed E-state index contributed by atoms with van der Waals surface area (Å²) in [5, 5.41) is 2.71. The summed E-state index contributed by atoms with van der Waals surface area (Å²) in [4.78, 5) is 0. The molecule has 8 aromatic carbocycles.